The Bertz CT molecular complexity index is 941. The molecule has 9 heteroatoms. The zero-order chi connectivity index (χ0) is 18.8. The minimum atomic E-state index is -0.383. The molecule has 0 radical (unpaired) electrons. The molecule has 1 aromatic carbocycles. The molecule has 0 fully saturated rings. The highest BCUT2D eigenvalue weighted by Gasteiger charge is 2.15. The minimum absolute atomic E-state index is 0.163. The van der Waals surface area contributed by atoms with E-state index in [9.17, 15) is 9.59 Å². The molecule has 0 aliphatic carbocycles. The summed E-state index contributed by atoms with van der Waals surface area (Å²) in [5.74, 6) is -0.546. The summed E-state index contributed by atoms with van der Waals surface area (Å²) < 4.78 is 1.82. The number of aromatic nitrogens is 2. The lowest BCUT2D eigenvalue weighted by Gasteiger charge is -2.02. The van der Waals surface area contributed by atoms with Crippen molar-refractivity contribution in [1.82, 2.24) is 9.97 Å². The first-order valence-corrected chi connectivity index (χ1v) is 10.5. The summed E-state index contributed by atoms with van der Waals surface area (Å²) in [4.78, 5) is 32.3. The van der Waals surface area contributed by atoms with Gasteiger partial charge in [-0.3, -0.25) is 9.59 Å². The second-order valence-electron chi connectivity index (χ2n) is 5.89. The van der Waals surface area contributed by atoms with Crippen LogP contribution in [0.1, 0.15) is 23.7 Å². The largest absolute Gasteiger partial charge is 0.369 e. The monoisotopic (exact) mass is 406 g/mol. The number of aryl methyl sites for hydroxylation is 2. The molecule has 0 bridgehead atoms. The van der Waals surface area contributed by atoms with Crippen molar-refractivity contribution < 1.29 is 9.59 Å². The third-order valence-electron chi connectivity index (χ3n) is 3.74. The number of benzene rings is 1. The Morgan fingerprint density at radius 2 is 2.00 bits per heavy atom. The molecular formula is C17H18N4O2S3. The topological polar surface area (TPSA) is 98.0 Å². The van der Waals surface area contributed by atoms with Gasteiger partial charge in [-0.25, -0.2) is 9.97 Å². The second kappa shape index (κ2) is 7.73. The molecule has 3 aromatic rings. The number of fused-ring (bicyclic) bond motifs is 1. The lowest BCUT2D eigenvalue weighted by Crippen LogP contribution is -2.22. The Labute approximate surface area is 163 Å². The van der Waals surface area contributed by atoms with Crippen LogP contribution in [0.2, 0.25) is 0 Å². The van der Waals surface area contributed by atoms with Crippen LogP contribution in [0.15, 0.2) is 21.9 Å². The molecule has 26 heavy (non-hydrogen) atoms. The van der Waals surface area contributed by atoms with E-state index in [4.69, 9.17) is 5.73 Å². The van der Waals surface area contributed by atoms with Gasteiger partial charge in [0.25, 0.3) is 0 Å². The summed E-state index contributed by atoms with van der Waals surface area (Å²) in [6.07, 6.45) is 0.163. The Kier molecular flexibility index (Phi) is 5.59. The Balaban J connectivity index is 1.66. The van der Waals surface area contributed by atoms with Gasteiger partial charge >= 0.3 is 0 Å². The number of hydrogen-bond acceptors (Lipinski definition) is 7. The number of anilines is 1. The Morgan fingerprint density at radius 3 is 2.69 bits per heavy atom. The van der Waals surface area contributed by atoms with Crippen molar-refractivity contribution in [2.45, 2.75) is 36.8 Å². The van der Waals surface area contributed by atoms with E-state index < -0.39 is 0 Å². The maximum atomic E-state index is 12.3. The van der Waals surface area contributed by atoms with Crippen molar-refractivity contribution in [1.29, 1.82) is 0 Å². The summed E-state index contributed by atoms with van der Waals surface area (Å²) in [6, 6.07) is 4.09. The number of thiazole rings is 2. The number of primary amides is 1. The van der Waals surface area contributed by atoms with E-state index in [1.165, 1.54) is 34.4 Å². The maximum Gasteiger partial charge on any atom is 0.232 e. The Morgan fingerprint density at radius 1 is 1.27 bits per heavy atom. The van der Waals surface area contributed by atoms with Crippen molar-refractivity contribution in [3.63, 3.8) is 0 Å². The normalized spacial score (nSPS) is 12.3. The van der Waals surface area contributed by atoms with Crippen LogP contribution < -0.4 is 11.1 Å². The number of amides is 2. The number of nitrogens with two attached hydrogens (primary N) is 1. The number of carbonyl (C=O) groups is 2. The van der Waals surface area contributed by atoms with Gasteiger partial charge in [-0.15, -0.1) is 11.3 Å². The van der Waals surface area contributed by atoms with Crippen molar-refractivity contribution >= 4 is 61.6 Å². The fraction of sp³-hybridized carbons (Fsp3) is 0.294. The van der Waals surface area contributed by atoms with E-state index in [0.29, 0.717) is 10.8 Å². The predicted octanol–water partition coefficient (Wildman–Crippen LogP) is 3.52. The van der Waals surface area contributed by atoms with Crippen LogP contribution >= 0.6 is 34.4 Å². The number of nitrogens with zero attached hydrogens (tertiary/aromatic N) is 2. The van der Waals surface area contributed by atoms with Crippen LogP contribution in [0, 0.1) is 13.8 Å². The van der Waals surface area contributed by atoms with Gasteiger partial charge in [-0.2, -0.15) is 0 Å². The lowest BCUT2D eigenvalue weighted by molar-refractivity contribution is -0.117. The van der Waals surface area contributed by atoms with Crippen molar-refractivity contribution in [2.75, 3.05) is 5.32 Å². The molecule has 1 atom stereocenters. The fourth-order valence-electron chi connectivity index (χ4n) is 2.27. The molecule has 0 aliphatic heterocycles. The van der Waals surface area contributed by atoms with Gasteiger partial charge in [0.15, 0.2) is 9.47 Å². The van der Waals surface area contributed by atoms with E-state index in [2.05, 4.69) is 21.4 Å². The second-order valence-corrected chi connectivity index (χ2v) is 9.33. The number of nitrogens with one attached hydrogen (secondary N) is 1. The molecular weight excluding hydrogens is 388 g/mol. The summed E-state index contributed by atoms with van der Waals surface area (Å²) in [6.45, 7) is 5.78. The Hall–Kier alpha value is -1.97. The van der Waals surface area contributed by atoms with Crippen LogP contribution in [0.5, 0.6) is 0 Å². The maximum absolute atomic E-state index is 12.3. The van der Waals surface area contributed by atoms with Gasteiger partial charge in [-0.05, 0) is 31.9 Å². The quantitative estimate of drug-likeness (QED) is 0.610. The van der Waals surface area contributed by atoms with E-state index in [0.717, 1.165) is 25.7 Å². The van der Waals surface area contributed by atoms with Gasteiger partial charge in [-0.1, -0.05) is 35.2 Å². The zero-order valence-corrected chi connectivity index (χ0v) is 17.0. The van der Waals surface area contributed by atoms with Crippen molar-refractivity contribution in [2.24, 2.45) is 5.73 Å². The lowest BCUT2D eigenvalue weighted by atomic mass is 10.1. The SMILES string of the molecule is Cc1ccc(C)c2sc(NC(=O)Cc3csc(SC(C)C(N)=O)n3)nc12. The zero-order valence-electron chi connectivity index (χ0n) is 14.5. The molecule has 0 aliphatic rings. The molecule has 3 rings (SSSR count). The number of hydrogen-bond donors (Lipinski definition) is 2. The molecule has 2 heterocycles. The third-order valence-corrected chi connectivity index (χ3v) is 6.98. The van der Waals surface area contributed by atoms with Crippen LogP contribution in [0.4, 0.5) is 5.13 Å². The highest BCUT2D eigenvalue weighted by Crippen LogP contribution is 2.31. The first kappa shape index (κ1) is 18.8. The number of thioether (sulfide) groups is 1. The average molecular weight is 407 g/mol. The fourth-order valence-corrected chi connectivity index (χ4v) is 5.23. The molecule has 2 aromatic heterocycles. The molecule has 1 unspecified atom stereocenters. The molecule has 0 spiro atoms. The third kappa shape index (κ3) is 4.22. The molecule has 0 saturated heterocycles. The van der Waals surface area contributed by atoms with Crippen LogP contribution in [0.3, 0.4) is 0 Å². The van der Waals surface area contributed by atoms with Crippen molar-refractivity contribution in [3.8, 4) is 0 Å². The molecule has 2 amide bonds. The summed E-state index contributed by atoms with van der Waals surface area (Å²) >= 11 is 4.18. The smallest absolute Gasteiger partial charge is 0.232 e. The summed E-state index contributed by atoms with van der Waals surface area (Å²) in [5.41, 5.74) is 9.09. The molecule has 0 saturated carbocycles. The van der Waals surface area contributed by atoms with Gasteiger partial charge in [0.2, 0.25) is 11.8 Å². The standard InChI is InChI=1S/C17H18N4O2S3/c1-8-4-5-9(2)14-13(8)21-16(26-14)20-12(22)6-11-7-24-17(19-11)25-10(3)15(18)23/h4-5,7,10H,6H2,1-3H3,(H2,18,23)(H,20,21,22). The van der Waals surface area contributed by atoms with E-state index >= 15 is 0 Å². The van der Waals surface area contributed by atoms with Crippen LogP contribution in [0.25, 0.3) is 10.2 Å². The minimum Gasteiger partial charge on any atom is -0.369 e. The van der Waals surface area contributed by atoms with E-state index in [-0.39, 0.29) is 23.5 Å². The highest BCUT2D eigenvalue weighted by atomic mass is 32.2. The molecule has 6 nitrogen and oxygen atoms in total. The molecule has 136 valence electrons. The van der Waals surface area contributed by atoms with Gasteiger partial charge in [0.05, 0.1) is 27.6 Å². The average Bonchev–Trinajstić information content (AvgIpc) is 3.18. The molecule has 3 N–H and O–H groups in total. The van der Waals surface area contributed by atoms with Crippen LogP contribution in [-0.2, 0) is 16.0 Å². The summed E-state index contributed by atoms with van der Waals surface area (Å²) in [7, 11) is 0. The van der Waals surface area contributed by atoms with E-state index in [1.54, 1.807) is 6.92 Å². The number of carbonyl (C=O) groups excluding carboxylic acids is 2. The van der Waals surface area contributed by atoms with Gasteiger partial charge in [0.1, 0.15) is 0 Å². The highest BCUT2D eigenvalue weighted by molar-refractivity contribution is 8.02. The van der Waals surface area contributed by atoms with Gasteiger partial charge in [0, 0.05) is 5.38 Å². The summed E-state index contributed by atoms with van der Waals surface area (Å²) in [5, 5.41) is 4.92. The van der Waals surface area contributed by atoms with Gasteiger partial charge < -0.3 is 11.1 Å². The first-order chi connectivity index (χ1) is 12.3. The first-order valence-electron chi connectivity index (χ1n) is 7.90. The van der Waals surface area contributed by atoms with Crippen molar-refractivity contribution in [3.05, 3.63) is 34.3 Å². The number of rotatable bonds is 6. The predicted molar refractivity (Wildman–Crippen MR) is 108 cm³/mol. The van der Waals surface area contributed by atoms with Crippen LogP contribution in [-0.4, -0.2) is 27.0 Å². The van der Waals surface area contributed by atoms with E-state index in [1.807, 2.05) is 25.3 Å².